The lowest BCUT2D eigenvalue weighted by molar-refractivity contribution is -0.135. The summed E-state index contributed by atoms with van der Waals surface area (Å²) in [7, 11) is 1.29. The van der Waals surface area contributed by atoms with E-state index in [-0.39, 0.29) is 23.0 Å². The van der Waals surface area contributed by atoms with Gasteiger partial charge in [-0.15, -0.1) is 0 Å². The Balaban J connectivity index is 1.84. The lowest BCUT2D eigenvalue weighted by Gasteiger charge is -2.24. The Labute approximate surface area is 157 Å². The molecule has 1 amide bonds. The fourth-order valence-corrected chi connectivity index (χ4v) is 3.34. The molecular formula is C21H21FN2O3. The molecule has 1 atom stereocenters. The molecule has 0 spiro atoms. The second-order valence-electron chi connectivity index (χ2n) is 7.24. The number of hydrogen-bond donors (Lipinski definition) is 0. The van der Waals surface area contributed by atoms with Gasteiger partial charge in [-0.05, 0) is 17.7 Å². The Kier molecular flexibility index (Phi) is 5.04. The van der Waals surface area contributed by atoms with Gasteiger partial charge in [0.15, 0.2) is 17.6 Å². The molecule has 1 saturated heterocycles. The zero-order valence-electron chi connectivity index (χ0n) is 15.5. The summed E-state index contributed by atoms with van der Waals surface area (Å²) < 4.78 is 25.4. The van der Waals surface area contributed by atoms with Gasteiger partial charge in [0.1, 0.15) is 6.07 Å². The van der Waals surface area contributed by atoms with Crippen molar-refractivity contribution >= 4 is 5.91 Å². The third kappa shape index (κ3) is 3.59. The van der Waals surface area contributed by atoms with E-state index in [4.69, 9.17) is 14.7 Å². The molecule has 0 N–H and O–H groups in total. The number of halogens is 1. The number of benzene rings is 2. The minimum atomic E-state index is -0.826. The molecule has 0 aliphatic carbocycles. The van der Waals surface area contributed by atoms with Crippen molar-refractivity contribution in [3.05, 3.63) is 59.4 Å². The molecule has 1 aliphatic rings. The first-order chi connectivity index (χ1) is 12.9. The van der Waals surface area contributed by atoms with E-state index in [9.17, 15) is 9.18 Å². The summed E-state index contributed by atoms with van der Waals surface area (Å²) in [5.41, 5.74) is 0.595. The number of hydrogen-bond acceptors (Lipinski definition) is 4. The van der Waals surface area contributed by atoms with Gasteiger partial charge < -0.3 is 14.4 Å². The number of amides is 1. The highest BCUT2D eigenvalue weighted by Gasteiger charge is 2.48. The molecule has 0 saturated carbocycles. The van der Waals surface area contributed by atoms with Crippen LogP contribution in [0.15, 0.2) is 42.5 Å². The van der Waals surface area contributed by atoms with Crippen molar-refractivity contribution in [3.8, 4) is 17.6 Å². The van der Waals surface area contributed by atoms with Gasteiger partial charge in [0.05, 0.1) is 12.7 Å². The smallest absolute Gasteiger partial charge is 0.264 e. The molecule has 1 fully saturated rings. The second-order valence-corrected chi connectivity index (χ2v) is 7.24. The number of rotatable bonds is 5. The molecule has 6 heteroatoms. The van der Waals surface area contributed by atoms with Gasteiger partial charge in [-0.3, -0.25) is 4.79 Å². The monoisotopic (exact) mass is 368 g/mol. The number of methoxy groups -OCH3 is 1. The Morgan fingerprint density at radius 2 is 1.96 bits per heavy atom. The zero-order chi connectivity index (χ0) is 19.6. The molecule has 5 nitrogen and oxygen atoms in total. The number of nitriles is 1. The van der Waals surface area contributed by atoms with Gasteiger partial charge in [0.2, 0.25) is 5.82 Å². The third-order valence-electron chi connectivity index (χ3n) is 4.69. The zero-order valence-corrected chi connectivity index (χ0v) is 15.5. The van der Waals surface area contributed by atoms with Crippen LogP contribution in [0.2, 0.25) is 0 Å². The van der Waals surface area contributed by atoms with Crippen LogP contribution in [-0.4, -0.2) is 30.6 Å². The predicted molar refractivity (Wildman–Crippen MR) is 97.7 cm³/mol. The van der Waals surface area contributed by atoms with Crippen LogP contribution in [0.4, 0.5) is 4.39 Å². The number of carbonyl (C=O) groups is 1. The topological polar surface area (TPSA) is 62.6 Å². The minimum Gasteiger partial charge on any atom is -0.492 e. The fraction of sp³-hybridized carbons (Fsp3) is 0.333. The van der Waals surface area contributed by atoms with Gasteiger partial charge >= 0.3 is 0 Å². The van der Waals surface area contributed by atoms with Crippen molar-refractivity contribution < 1.29 is 18.7 Å². The van der Waals surface area contributed by atoms with E-state index in [0.29, 0.717) is 13.1 Å². The first-order valence-electron chi connectivity index (χ1n) is 8.63. The summed E-state index contributed by atoms with van der Waals surface area (Å²) in [6, 6.07) is 14.3. The van der Waals surface area contributed by atoms with Gasteiger partial charge in [-0.1, -0.05) is 44.2 Å². The number of ether oxygens (including phenoxy) is 2. The lowest BCUT2D eigenvalue weighted by atomic mass is 9.89. The van der Waals surface area contributed by atoms with Crippen molar-refractivity contribution in [2.24, 2.45) is 5.41 Å². The van der Waals surface area contributed by atoms with Crippen molar-refractivity contribution in [3.63, 3.8) is 0 Å². The molecule has 1 aliphatic heterocycles. The quantitative estimate of drug-likeness (QED) is 0.810. The summed E-state index contributed by atoms with van der Waals surface area (Å²) in [4.78, 5) is 14.6. The van der Waals surface area contributed by atoms with E-state index in [1.165, 1.54) is 19.2 Å². The maximum atomic E-state index is 14.7. The predicted octanol–water partition coefficient (Wildman–Crippen LogP) is 3.52. The van der Waals surface area contributed by atoms with Crippen LogP contribution in [-0.2, 0) is 11.3 Å². The van der Waals surface area contributed by atoms with E-state index in [2.05, 4.69) is 0 Å². The molecule has 1 heterocycles. The molecule has 0 bridgehead atoms. The highest BCUT2D eigenvalue weighted by molar-refractivity contribution is 5.84. The second kappa shape index (κ2) is 7.28. The molecule has 140 valence electrons. The van der Waals surface area contributed by atoms with Gasteiger partial charge in [0, 0.05) is 18.5 Å². The molecule has 0 unspecified atom stereocenters. The summed E-state index contributed by atoms with van der Waals surface area (Å²) in [6.07, 6.45) is -0.826. The molecule has 0 aromatic heterocycles. The van der Waals surface area contributed by atoms with Crippen molar-refractivity contribution in [2.75, 3.05) is 13.7 Å². The molecule has 2 aromatic rings. The maximum absolute atomic E-state index is 14.7. The van der Waals surface area contributed by atoms with E-state index < -0.39 is 17.3 Å². The largest absolute Gasteiger partial charge is 0.492 e. The molecule has 0 radical (unpaired) electrons. The fourth-order valence-electron chi connectivity index (χ4n) is 3.34. The molecule has 27 heavy (non-hydrogen) atoms. The number of likely N-dealkylation sites (tertiary alicyclic amines) is 1. The Hall–Kier alpha value is -3.07. The van der Waals surface area contributed by atoms with Gasteiger partial charge in [-0.2, -0.15) is 9.65 Å². The molecular weight excluding hydrogens is 347 g/mol. The maximum Gasteiger partial charge on any atom is 0.264 e. The molecule has 3 rings (SSSR count). The van der Waals surface area contributed by atoms with E-state index in [0.717, 1.165) is 5.56 Å². The van der Waals surface area contributed by atoms with Crippen molar-refractivity contribution in [1.82, 2.24) is 4.90 Å². The van der Waals surface area contributed by atoms with Crippen LogP contribution in [0.3, 0.4) is 0 Å². The minimum absolute atomic E-state index is 0.0741. The number of nitrogens with zero attached hydrogens (tertiary/aromatic N) is 2. The normalized spacial score (nSPS) is 18.3. The van der Waals surface area contributed by atoms with Crippen LogP contribution in [0.25, 0.3) is 0 Å². The first kappa shape index (κ1) is 18.7. The highest BCUT2D eigenvalue weighted by atomic mass is 19.1. The van der Waals surface area contributed by atoms with Crippen LogP contribution in [0.5, 0.6) is 11.5 Å². The average Bonchev–Trinajstić information content (AvgIpc) is 2.86. The third-order valence-corrected chi connectivity index (χ3v) is 4.69. The Morgan fingerprint density at radius 1 is 1.26 bits per heavy atom. The van der Waals surface area contributed by atoms with Crippen LogP contribution >= 0.6 is 0 Å². The van der Waals surface area contributed by atoms with Gasteiger partial charge in [-0.25, -0.2) is 0 Å². The summed E-state index contributed by atoms with van der Waals surface area (Å²) in [5, 5.41) is 9.05. The first-order valence-corrected chi connectivity index (χ1v) is 8.63. The van der Waals surface area contributed by atoms with Crippen LogP contribution in [0, 0.1) is 22.6 Å². The lowest BCUT2D eigenvalue weighted by Crippen LogP contribution is -2.36. The van der Waals surface area contributed by atoms with Gasteiger partial charge in [0.25, 0.3) is 5.91 Å². The standard InChI is InChI=1S/C21H21FN2O3/c1-21(2)13-24(12-14-7-5-4-6-8-14)20(25)19(21)27-16-10-9-15(11-23)18(26-3)17(16)22/h4-10,19H,12-13H2,1-3H3/t19-/m0/s1. The van der Waals surface area contributed by atoms with E-state index in [1.807, 2.05) is 50.2 Å². The number of carbonyl (C=O) groups excluding carboxylic acids is 1. The van der Waals surface area contributed by atoms with Crippen molar-refractivity contribution in [1.29, 1.82) is 5.26 Å². The van der Waals surface area contributed by atoms with Crippen LogP contribution in [0.1, 0.15) is 25.0 Å². The SMILES string of the molecule is COc1c(C#N)ccc(O[C@H]2C(=O)N(Cc3ccccc3)CC2(C)C)c1F. The van der Waals surface area contributed by atoms with Crippen molar-refractivity contribution in [2.45, 2.75) is 26.5 Å². The highest BCUT2D eigenvalue weighted by Crippen LogP contribution is 2.37. The Morgan fingerprint density at radius 3 is 2.59 bits per heavy atom. The van der Waals surface area contributed by atoms with E-state index in [1.54, 1.807) is 4.90 Å². The summed E-state index contributed by atoms with van der Waals surface area (Å²) in [5.74, 6) is -1.24. The summed E-state index contributed by atoms with van der Waals surface area (Å²) >= 11 is 0. The Bertz CT molecular complexity index is 890. The van der Waals surface area contributed by atoms with E-state index >= 15 is 0 Å². The average molecular weight is 368 g/mol. The summed E-state index contributed by atoms with van der Waals surface area (Å²) in [6.45, 7) is 4.81. The molecule has 2 aromatic carbocycles. The van der Waals surface area contributed by atoms with Crippen LogP contribution < -0.4 is 9.47 Å².